The number of hydrogen-bond donors (Lipinski definition) is 1. The molecule has 2 atom stereocenters. The molecule has 2 heterocycles. The second kappa shape index (κ2) is 9.44. The van der Waals surface area contributed by atoms with Crippen molar-refractivity contribution in [1.82, 2.24) is 10.2 Å². The van der Waals surface area contributed by atoms with Crippen molar-refractivity contribution in [3.05, 3.63) is 83.1 Å². The highest BCUT2D eigenvalue weighted by Gasteiger charge is 2.34. The van der Waals surface area contributed by atoms with Crippen LogP contribution >= 0.6 is 0 Å². The van der Waals surface area contributed by atoms with Crippen molar-refractivity contribution in [3.63, 3.8) is 0 Å². The molecule has 2 unspecified atom stereocenters. The highest BCUT2D eigenvalue weighted by atomic mass is 19.1. The molecule has 4 rings (SSSR count). The van der Waals surface area contributed by atoms with E-state index in [1.807, 2.05) is 19.1 Å². The van der Waals surface area contributed by atoms with Gasteiger partial charge in [-0.05, 0) is 66.4 Å². The normalized spacial score (nSPS) is 16.8. The second-order valence-corrected chi connectivity index (χ2v) is 7.94. The lowest BCUT2D eigenvalue weighted by atomic mass is 9.87. The van der Waals surface area contributed by atoms with Crippen LogP contribution in [-0.2, 0) is 13.0 Å². The molecule has 1 aromatic heterocycles. The zero-order valence-electron chi connectivity index (χ0n) is 18.4. The van der Waals surface area contributed by atoms with E-state index in [4.69, 9.17) is 13.9 Å². The minimum atomic E-state index is -0.267. The molecule has 0 bridgehead atoms. The van der Waals surface area contributed by atoms with Gasteiger partial charge < -0.3 is 19.2 Å². The highest BCUT2D eigenvalue weighted by Crippen LogP contribution is 2.40. The average Bonchev–Trinajstić information content (AvgIpc) is 3.34. The van der Waals surface area contributed by atoms with Crippen molar-refractivity contribution >= 4 is 5.91 Å². The number of furan rings is 1. The van der Waals surface area contributed by atoms with Crippen molar-refractivity contribution in [2.45, 2.75) is 32.0 Å². The molecule has 7 heteroatoms. The van der Waals surface area contributed by atoms with E-state index in [1.165, 1.54) is 18.4 Å². The summed E-state index contributed by atoms with van der Waals surface area (Å²) in [5.41, 5.74) is 3.23. The molecule has 0 fully saturated rings. The van der Waals surface area contributed by atoms with Gasteiger partial charge in [-0.2, -0.15) is 0 Å². The Hall–Kier alpha value is -3.32. The first kappa shape index (κ1) is 21.9. The van der Waals surface area contributed by atoms with Crippen molar-refractivity contribution in [2.24, 2.45) is 0 Å². The quantitative estimate of drug-likeness (QED) is 0.594. The molecule has 6 nitrogen and oxygen atoms in total. The largest absolute Gasteiger partial charge is 0.493 e. The van der Waals surface area contributed by atoms with Crippen LogP contribution in [0.4, 0.5) is 4.39 Å². The third-order valence-electron chi connectivity index (χ3n) is 5.90. The fourth-order valence-corrected chi connectivity index (χ4v) is 4.38. The fraction of sp³-hybridized carbons (Fsp3) is 0.320. The minimum absolute atomic E-state index is 0.123. The van der Waals surface area contributed by atoms with Gasteiger partial charge in [-0.3, -0.25) is 9.69 Å². The SMILES string of the molecule is COc1cc2c(cc1OC)C(C(C)NC(=O)c1ccco1)N(Cc1ccc(F)cc1)CC2. The third kappa shape index (κ3) is 4.48. The van der Waals surface area contributed by atoms with Crippen LogP contribution in [0.25, 0.3) is 0 Å². The van der Waals surface area contributed by atoms with Crippen molar-refractivity contribution in [2.75, 3.05) is 20.8 Å². The van der Waals surface area contributed by atoms with Crippen LogP contribution < -0.4 is 14.8 Å². The molecular weight excluding hydrogens is 411 g/mol. The number of methoxy groups -OCH3 is 2. The molecule has 168 valence electrons. The maximum Gasteiger partial charge on any atom is 0.287 e. The molecule has 2 aromatic carbocycles. The van der Waals surface area contributed by atoms with Crippen LogP contribution in [-0.4, -0.2) is 37.6 Å². The van der Waals surface area contributed by atoms with Gasteiger partial charge in [-0.1, -0.05) is 12.1 Å². The predicted octanol–water partition coefficient (Wildman–Crippen LogP) is 4.35. The number of carbonyl (C=O) groups excluding carboxylic acids is 1. The van der Waals surface area contributed by atoms with E-state index in [2.05, 4.69) is 10.2 Å². The highest BCUT2D eigenvalue weighted by molar-refractivity contribution is 5.91. The molecule has 0 saturated heterocycles. The third-order valence-corrected chi connectivity index (χ3v) is 5.90. The number of carbonyl (C=O) groups is 1. The number of halogens is 1. The summed E-state index contributed by atoms with van der Waals surface area (Å²) in [4.78, 5) is 15.0. The van der Waals surface area contributed by atoms with E-state index in [9.17, 15) is 9.18 Å². The molecule has 1 amide bonds. The summed E-state index contributed by atoms with van der Waals surface area (Å²) < 4.78 is 29.7. The van der Waals surface area contributed by atoms with Crippen LogP contribution in [0, 0.1) is 5.82 Å². The van der Waals surface area contributed by atoms with Gasteiger partial charge in [0.05, 0.1) is 26.5 Å². The van der Waals surface area contributed by atoms with Crippen molar-refractivity contribution in [1.29, 1.82) is 0 Å². The van der Waals surface area contributed by atoms with Gasteiger partial charge >= 0.3 is 0 Å². The summed E-state index contributed by atoms with van der Waals surface area (Å²) in [6.07, 6.45) is 2.31. The zero-order valence-corrected chi connectivity index (χ0v) is 18.4. The van der Waals surface area contributed by atoms with E-state index < -0.39 is 0 Å². The van der Waals surface area contributed by atoms with Crippen molar-refractivity contribution < 1.29 is 23.1 Å². The van der Waals surface area contributed by atoms with Gasteiger partial charge in [0.2, 0.25) is 0 Å². The fourth-order valence-electron chi connectivity index (χ4n) is 4.38. The summed E-state index contributed by atoms with van der Waals surface area (Å²) in [7, 11) is 3.23. The van der Waals surface area contributed by atoms with E-state index in [0.717, 1.165) is 29.7 Å². The number of nitrogens with one attached hydrogen (secondary N) is 1. The van der Waals surface area contributed by atoms with Gasteiger partial charge in [-0.15, -0.1) is 0 Å². The smallest absolute Gasteiger partial charge is 0.287 e. The number of hydrogen-bond acceptors (Lipinski definition) is 5. The number of nitrogens with zero attached hydrogens (tertiary/aromatic N) is 1. The number of ether oxygens (including phenoxy) is 2. The Morgan fingerprint density at radius 3 is 2.56 bits per heavy atom. The van der Waals surface area contributed by atoms with Gasteiger partial charge in [0.1, 0.15) is 5.82 Å². The number of rotatable bonds is 7. The summed E-state index contributed by atoms with van der Waals surface area (Å²) in [5.74, 6) is 1.07. The Kier molecular flexibility index (Phi) is 6.46. The molecule has 1 N–H and O–H groups in total. The summed E-state index contributed by atoms with van der Waals surface area (Å²) in [6, 6.07) is 13.5. The van der Waals surface area contributed by atoms with E-state index in [1.54, 1.807) is 38.5 Å². The standard InChI is InChI=1S/C25H27FN2O4/c1-16(27-25(29)21-5-4-12-32-21)24-20-14-23(31-3)22(30-2)13-18(20)10-11-28(24)15-17-6-8-19(26)9-7-17/h4-9,12-14,16,24H,10-11,15H2,1-3H3,(H,27,29). The molecule has 32 heavy (non-hydrogen) atoms. The number of amides is 1. The van der Waals surface area contributed by atoms with E-state index in [-0.39, 0.29) is 29.6 Å². The molecular formula is C25H27FN2O4. The van der Waals surface area contributed by atoms with Crippen LogP contribution in [0.3, 0.4) is 0 Å². The summed E-state index contributed by atoms with van der Waals surface area (Å²) in [6.45, 7) is 3.39. The summed E-state index contributed by atoms with van der Waals surface area (Å²) >= 11 is 0. The molecule has 0 saturated carbocycles. The average molecular weight is 438 g/mol. The van der Waals surface area contributed by atoms with Gasteiger partial charge in [0.15, 0.2) is 17.3 Å². The summed E-state index contributed by atoms with van der Waals surface area (Å²) in [5, 5.41) is 3.08. The second-order valence-electron chi connectivity index (χ2n) is 7.94. The van der Waals surface area contributed by atoms with E-state index in [0.29, 0.717) is 18.0 Å². The van der Waals surface area contributed by atoms with Crippen LogP contribution in [0.5, 0.6) is 11.5 Å². The molecule has 1 aliphatic heterocycles. The van der Waals surface area contributed by atoms with Gasteiger partial charge in [-0.25, -0.2) is 4.39 Å². The molecule has 3 aromatic rings. The van der Waals surface area contributed by atoms with Crippen LogP contribution in [0.2, 0.25) is 0 Å². The maximum atomic E-state index is 13.4. The Morgan fingerprint density at radius 2 is 1.91 bits per heavy atom. The number of fused-ring (bicyclic) bond motifs is 1. The first-order valence-corrected chi connectivity index (χ1v) is 10.6. The van der Waals surface area contributed by atoms with Gasteiger partial charge in [0.25, 0.3) is 5.91 Å². The Labute approximate surface area is 186 Å². The Morgan fingerprint density at radius 1 is 1.19 bits per heavy atom. The molecule has 1 aliphatic rings. The van der Waals surface area contributed by atoms with Crippen LogP contribution in [0.1, 0.15) is 40.2 Å². The lowest BCUT2D eigenvalue weighted by molar-refractivity contribution is 0.0850. The lowest BCUT2D eigenvalue weighted by Gasteiger charge is -2.41. The Balaban J connectivity index is 1.68. The molecule has 0 radical (unpaired) electrons. The number of benzene rings is 2. The lowest BCUT2D eigenvalue weighted by Crippen LogP contribution is -2.47. The first-order chi connectivity index (χ1) is 15.5. The Bertz CT molecular complexity index is 1070. The molecule has 0 aliphatic carbocycles. The minimum Gasteiger partial charge on any atom is -0.493 e. The zero-order chi connectivity index (χ0) is 22.7. The van der Waals surface area contributed by atoms with Crippen LogP contribution in [0.15, 0.2) is 59.2 Å². The molecule has 0 spiro atoms. The van der Waals surface area contributed by atoms with Gasteiger partial charge in [0, 0.05) is 19.1 Å². The van der Waals surface area contributed by atoms with Crippen molar-refractivity contribution in [3.8, 4) is 11.5 Å². The topological polar surface area (TPSA) is 63.9 Å². The van der Waals surface area contributed by atoms with E-state index >= 15 is 0 Å². The maximum absolute atomic E-state index is 13.4. The predicted molar refractivity (Wildman–Crippen MR) is 118 cm³/mol. The first-order valence-electron chi connectivity index (χ1n) is 10.6. The monoisotopic (exact) mass is 438 g/mol.